The van der Waals surface area contributed by atoms with Crippen molar-refractivity contribution in [3.8, 4) is 0 Å². The van der Waals surface area contributed by atoms with Crippen molar-refractivity contribution in [2.75, 3.05) is 10.6 Å². The van der Waals surface area contributed by atoms with Crippen LogP contribution in [0, 0.1) is 11.8 Å². The molecule has 0 saturated heterocycles. The molecule has 22 heavy (non-hydrogen) atoms. The van der Waals surface area contributed by atoms with Crippen LogP contribution >= 0.6 is 0 Å². The second-order valence-electron chi connectivity index (χ2n) is 5.56. The molecule has 2 N–H and O–H groups in total. The maximum atomic E-state index is 12.0. The summed E-state index contributed by atoms with van der Waals surface area (Å²) in [6, 6.07) is 12.3. The molecule has 0 spiro atoms. The Kier molecular flexibility index (Phi) is 3.87. The summed E-state index contributed by atoms with van der Waals surface area (Å²) in [5.41, 5.74) is 1.21. The van der Waals surface area contributed by atoms with Gasteiger partial charge in [-0.3, -0.25) is 9.59 Å². The Hall–Kier alpha value is -2.69. The molecular weight excluding hydrogens is 278 g/mol. The van der Waals surface area contributed by atoms with Crippen LogP contribution in [-0.2, 0) is 4.79 Å². The molecule has 0 aliphatic heterocycles. The van der Waals surface area contributed by atoms with E-state index in [1.807, 2.05) is 6.07 Å². The highest BCUT2D eigenvalue weighted by atomic mass is 16.2. The molecule has 2 aromatic rings. The van der Waals surface area contributed by atoms with Gasteiger partial charge in [0.2, 0.25) is 5.91 Å². The molecule has 2 amide bonds. The second-order valence-corrected chi connectivity index (χ2v) is 5.56. The van der Waals surface area contributed by atoms with Gasteiger partial charge in [-0.2, -0.15) is 0 Å². The van der Waals surface area contributed by atoms with Crippen LogP contribution in [0.25, 0.3) is 0 Å². The summed E-state index contributed by atoms with van der Waals surface area (Å²) in [7, 11) is 0. The van der Waals surface area contributed by atoms with E-state index in [2.05, 4.69) is 22.5 Å². The molecule has 1 saturated carbocycles. The van der Waals surface area contributed by atoms with Crippen molar-refractivity contribution in [1.29, 1.82) is 0 Å². The summed E-state index contributed by atoms with van der Waals surface area (Å²) in [6.45, 7) is 2.06. The molecule has 1 aromatic heterocycles. The Morgan fingerprint density at radius 2 is 1.82 bits per heavy atom. The zero-order chi connectivity index (χ0) is 15.5. The summed E-state index contributed by atoms with van der Waals surface area (Å²) >= 11 is 0. The number of hydrogen-bond acceptors (Lipinski definition) is 3. The first kappa shape index (κ1) is 14.3. The quantitative estimate of drug-likeness (QED) is 0.911. The van der Waals surface area contributed by atoms with Crippen molar-refractivity contribution in [1.82, 2.24) is 4.98 Å². The zero-order valence-corrected chi connectivity index (χ0v) is 12.2. The van der Waals surface area contributed by atoms with Crippen molar-refractivity contribution in [3.63, 3.8) is 0 Å². The number of hydrogen-bond donors (Lipinski definition) is 2. The molecule has 3 rings (SSSR count). The number of amides is 2. The monoisotopic (exact) mass is 295 g/mol. The molecule has 1 aromatic carbocycles. The standard InChI is InChI=1S/C17H17N3O2/c1-11-9-14(11)17(22)19-13-7-8-15(18-10-13)20-16(21)12-5-3-2-4-6-12/h2-8,10-11,14H,9H2,1H3,(H,19,22)(H,18,20,21)/t11-,14-/m0/s1. The second kappa shape index (κ2) is 5.97. The van der Waals surface area contributed by atoms with Gasteiger partial charge in [-0.15, -0.1) is 0 Å². The fraction of sp³-hybridized carbons (Fsp3) is 0.235. The number of carbonyl (C=O) groups excluding carboxylic acids is 2. The summed E-state index contributed by atoms with van der Waals surface area (Å²) in [4.78, 5) is 28.0. The molecular formula is C17H17N3O2. The number of nitrogens with zero attached hydrogens (tertiary/aromatic N) is 1. The van der Waals surface area contributed by atoms with Gasteiger partial charge < -0.3 is 10.6 Å². The highest BCUT2D eigenvalue weighted by Crippen LogP contribution is 2.38. The number of aromatic nitrogens is 1. The lowest BCUT2D eigenvalue weighted by atomic mass is 10.2. The molecule has 112 valence electrons. The van der Waals surface area contributed by atoms with E-state index in [-0.39, 0.29) is 17.7 Å². The molecule has 1 aliphatic rings. The van der Waals surface area contributed by atoms with Crippen LogP contribution in [0.1, 0.15) is 23.7 Å². The third-order valence-electron chi connectivity index (χ3n) is 3.75. The highest BCUT2D eigenvalue weighted by molar-refractivity contribution is 6.03. The predicted molar refractivity (Wildman–Crippen MR) is 84.5 cm³/mol. The van der Waals surface area contributed by atoms with Crippen LogP contribution < -0.4 is 10.6 Å². The summed E-state index contributed by atoms with van der Waals surface area (Å²) in [5, 5.41) is 5.55. The van der Waals surface area contributed by atoms with Gasteiger partial charge in [0.05, 0.1) is 11.9 Å². The van der Waals surface area contributed by atoms with Crippen LogP contribution in [-0.4, -0.2) is 16.8 Å². The number of rotatable bonds is 4. The third kappa shape index (κ3) is 3.31. The minimum Gasteiger partial charge on any atom is -0.324 e. The Morgan fingerprint density at radius 3 is 2.41 bits per heavy atom. The first-order chi connectivity index (χ1) is 10.6. The summed E-state index contributed by atoms with van der Waals surface area (Å²) in [5.74, 6) is 0.869. The largest absolute Gasteiger partial charge is 0.324 e. The van der Waals surface area contributed by atoms with Crippen molar-refractivity contribution in [2.24, 2.45) is 11.8 Å². The van der Waals surface area contributed by atoms with Crippen LogP contribution in [0.3, 0.4) is 0 Å². The van der Waals surface area contributed by atoms with E-state index < -0.39 is 0 Å². The maximum Gasteiger partial charge on any atom is 0.256 e. The van der Waals surface area contributed by atoms with Crippen LogP contribution in [0.15, 0.2) is 48.7 Å². The van der Waals surface area contributed by atoms with Crippen molar-refractivity contribution in [3.05, 3.63) is 54.2 Å². The van der Waals surface area contributed by atoms with E-state index in [9.17, 15) is 9.59 Å². The van der Waals surface area contributed by atoms with Crippen molar-refractivity contribution < 1.29 is 9.59 Å². The minimum absolute atomic E-state index is 0.0374. The third-order valence-corrected chi connectivity index (χ3v) is 3.75. The Bertz CT molecular complexity index is 683. The van der Waals surface area contributed by atoms with E-state index in [1.54, 1.807) is 42.6 Å². The number of nitrogens with one attached hydrogen (secondary N) is 2. The van der Waals surface area contributed by atoms with Crippen LogP contribution in [0.4, 0.5) is 11.5 Å². The first-order valence-electron chi connectivity index (χ1n) is 7.27. The Balaban J connectivity index is 1.59. The topological polar surface area (TPSA) is 71.1 Å². The van der Waals surface area contributed by atoms with Crippen molar-refractivity contribution >= 4 is 23.3 Å². The van der Waals surface area contributed by atoms with Gasteiger partial charge in [0.15, 0.2) is 0 Å². The van der Waals surface area contributed by atoms with Gasteiger partial charge in [-0.25, -0.2) is 4.98 Å². The summed E-state index contributed by atoms with van der Waals surface area (Å²) < 4.78 is 0. The van der Waals surface area contributed by atoms with Gasteiger partial charge in [-0.1, -0.05) is 25.1 Å². The van der Waals surface area contributed by atoms with Crippen molar-refractivity contribution in [2.45, 2.75) is 13.3 Å². The normalized spacial score (nSPS) is 19.3. The van der Waals surface area contributed by atoms with Gasteiger partial charge >= 0.3 is 0 Å². The Labute approximate surface area is 128 Å². The minimum atomic E-state index is -0.211. The average molecular weight is 295 g/mol. The molecule has 0 unspecified atom stereocenters. The molecule has 1 fully saturated rings. The van der Waals surface area contributed by atoms with E-state index in [0.717, 1.165) is 6.42 Å². The number of carbonyl (C=O) groups is 2. The van der Waals surface area contributed by atoms with Gasteiger partial charge in [0.25, 0.3) is 5.91 Å². The van der Waals surface area contributed by atoms with E-state index in [0.29, 0.717) is 23.0 Å². The van der Waals surface area contributed by atoms with E-state index in [4.69, 9.17) is 0 Å². The lowest BCUT2D eigenvalue weighted by molar-refractivity contribution is -0.117. The van der Waals surface area contributed by atoms with Gasteiger partial charge in [0.1, 0.15) is 5.82 Å². The first-order valence-corrected chi connectivity index (χ1v) is 7.27. The zero-order valence-electron chi connectivity index (χ0n) is 12.2. The number of pyridine rings is 1. The average Bonchev–Trinajstić information content (AvgIpc) is 3.27. The lowest BCUT2D eigenvalue weighted by Crippen LogP contribution is -2.15. The molecule has 0 radical (unpaired) electrons. The highest BCUT2D eigenvalue weighted by Gasteiger charge is 2.39. The van der Waals surface area contributed by atoms with Gasteiger partial charge in [-0.05, 0) is 36.6 Å². The smallest absolute Gasteiger partial charge is 0.256 e. The summed E-state index contributed by atoms with van der Waals surface area (Å²) in [6.07, 6.45) is 2.50. The predicted octanol–water partition coefficient (Wildman–Crippen LogP) is 2.93. The SMILES string of the molecule is C[C@H]1C[C@@H]1C(=O)Nc1ccc(NC(=O)c2ccccc2)nc1. The molecule has 1 heterocycles. The fourth-order valence-electron chi connectivity index (χ4n) is 2.24. The lowest BCUT2D eigenvalue weighted by Gasteiger charge is -2.07. The molecule has 0 bridgehead atoms. The fourth-order valence-corrected chi connectivity index (χ4v) is 2.24. The van der Waals surface area contributed by atoms with E-state index in [1.165, 1.54) is 0 Å². The van der Waals surface area contributed by atoms with Gasteiger partial charge in [0, 0.05) is 11.5 Å². The van der Waals surface area contributed by atoms with Crippen LogP contribution in [0.2, 0.25) is 0 Å². The molecule has 5 nitrogen and oxygen atoms in total. The molecule has 2 atom stereocenters. The number of benzene rings is 1. The Morgan fingerprint density at radius 1 is 1.09 bits per heavy atom. The molecule has 1 aliphatic carbocycles. The van der Waals surface area contributed by atoms with E-state index >= 15 is 0 Å². The number of anilines is 2. The molecule has 5 heteroatoms. The van der Waals surface area contributed by atoms with Crippen LogP contribution in [0.5, 0.6) is 0 Å². The maximum absolute atomic E-state index is 12.0.